The smallest absolute Gasteiger partial charge is 0.348 e. The van der Waals surface area contributed by atoms with E-state index in [0.717, 1.165) is 12.0 Å². The van der Waals surface area contributed by atoms with E-state index in [9.17, 15) is 19.8 Å². The summed E-state index contributed by atoms with van der Waals surface area (Å²) < 4.78 is 5.86. The van der Waals surface area contributed by atoms with Crippen LogP contribution >= 0.6 is 0 Å². The number of ether oxygens (including phenoxy) is 1. The van der Waals surface area contributed by atoms with E-state index in [0.29, 0.717) is 37.0 Å². The van der Waals surface area contributed by atoms with E-state index in [4.69, 9.17) is 4.74 Å². The predicted octanol–water partition coefficient (Wildman–Crippen LogP) is 3.11. The van der Waals surface area contributed by atoms with Gasteiger partial charge in [-0.2, -0.15) is 0 Å². The Morgan fingerprint density at radius 3 is 2.55 bits per heavy atom. The number of hydrogen-bond acceptors (Lipinski definition) is 4. The minimum atomic E-state index is -1.25. The van der Waals surface area contributed by atoms with E-state index in [1.54, 1.807) is 13.0 Å². The van der Waals surface area contributed by atoms with Gasteiger partial charge >= 0.3 is 5.97 Å². The number of phenolic OH excluding ortho intramolecular Hbond substituents is 1. The van der Waals surface area contributed by atoms with E-state index in [2.05, 4.69) is 0 Å². The predicted molar refractivity (Wildman–Crippen MR) is 81.7 cm³/mol. The molecular formula is C17H22O5. The Balaban J connectivity index is 2.61. The fraction of sp³-hybridized carbons (Fsp3) is 0.529. The third kappa shape index (κ3) is 2.56. The van der Waals surface area contributed by atoms with Crippen molar-refractivity contribution in [1.82, 2.24) is 0 Å². The summed E-state index contributed by atoms with van der Waals surface area (Å²) >= 11 is 0. The second kappa shape index (κ2) is 5.99. The number of benzene rings is 1. The number of Topliss-reactive ketones (excluding diaryl/α,β-unsaturated/α-hetero) is 1. The average molecular weight is 306 g/mol. The van der Waals surface area contributed by atoms with Gasteiger partial charge in [-0.05, 0) is 37.8 Å². The number of aromatic hydroxyl groups is 1. The number of hydrogen-bond donors (Lipinski definition) is 2. The number of carbonyl (C=O) groups excluding carboxylic acids is 1. The largest absolute Gasteiger partial charge is 0.507 e. The highest BCUT2D eigenvalue weighted by atomic mass is 16.5. The standard InChI is InChI=1S/C17H22O5/c1-4-6-12-14(19)13(10(3)18)9-11-7-8-17(5-2,16(20)21)22-15(11)12/h9,19H,4-8H2,1-3H3,(H,20,21). The molecule has 0 saturated heterocycles. The van der Waals surface area contributed by atoms with Gasteiger partial charge in [0.05, 0.1) is 5.56 Å². The van der Waals surface area contributed by atoms with Crippen molar-refractivity contribution in [3.8, 4) is 11.5 Å². The Kier molecular flexibility index (Phi) is 4.44. The maximum Gasteiger partial charge on any atom is 0.348 e. The van der Waals surface area contributed by atoms with E-state index < -0.39 is 11.6 Å². The molecule has 1 unspecified atom stereocenters. The van der Waals surface area contributed by atoms with Gasteiger partial charge in [0.1, 0.15) is 11.5 Å². The summed E-state index contributed by atoms with van der Waals surface area (Å²) in [6, 6.07) is 1.63. The molecular weight excluding hydrogens is 284 g/mol. The number of rotatable bonds is 5. The van der Waals surface area contributed by atoms with Crippen LogP contribution in [0.3, 0.4) is 0 Å². The molecule has 22 heavy (non-hydrogen) atoms. The first-order valence-electron chi connectivity index (χ1n) is 7.67. The molecule has 0 fully saturated rings. The molecule has 1 aliphatic heterocycles. The second-order valence-corrected chi connectivity index (χ2v) is 5.80. The quantitative estimate of drug-likeness (QED) is 0.817. The highest BCUT2D eigenvalue weighted by Gasteiger charge is 2.43. The molecule has 1 aromatic rings. The van der Waals surface area contributed by atoms with Gasteiger partial charge < -0.3 is 14.9 Å². The van der Waals surface area contributed by atoms with Crippen molar-refractivity contribution in [3.63, 3.8) is 0 Å². The van der Waals surface area contributed by atoms with Crippen LogP contribution in [0.15, 0.2) is 6.07 Å². The van der Waals surface area contributed by atoms with Gasteiger partial charge in [0.25, 0.3) is 0 Å². The Bertz CT molecular complexity index is 620. The van der Waals surface area contributed by atoms with Gasteiger partial charge in [-0.1, -0.05) is 20.3 Å². The van der Waals surface area contributed by atoms with Crippen molar-refractivity contribution in [2.75, 3.05) is 0 Å². The first kappa shape index (κ1) is 16.3. The van der Waals surface area contributed by atoms with E-state index in [1.165, 1.54) is 6.92 Å². The molecule has 0 aromatic heterocycles. The minimum Gasteiger partial charge on any atom is -0.507 e. The molecule has 5 heteroatoms. The van der Waals surface area contributed by atoms with E-state index in [1.807, 2.05) is 6.92 Å². The molecule has 0 bridgehead atoms. The number of phenols is 1. The van der Waals surface area contributed by atoms with Crippen LogP contribution in [0.1, 0.15) is 61.5 Å². The zero-order valence-electron chi connectivity index (χ0n) is 13.2. The van der Waals surface area contributed by atoms with Crippen molar-refractivity contribution >= 4 is 11.8 Å². The first-order valence-corrected chi connectivity index (χ1v) is 7.67. The number of fused-ring (bicyclic) bond motifs is 1. The summed E-state index contributed by atoms with van der Waals surface area (Å²) in [6.45, 7) is 5.15. The summed E-state index contributed by atoms with van der Waals surface area (Å²) in [5.41, 5.74) is 0.380. The topological polar surface area (TPSA) is 83.8 Å². The summed E-state index contributed by atoms with van der Waals surface area (Å²) in [4.78, 5) is 23.3. The van der Waals surface area contributed by atoms with Crippen LogP contribution in [0.5, 0.6) is 11.5 Å². The molecule has 2 rings (SSSR count). The number of aliphatic carboxylic acids is 1. The van der Waals surface area contributed by atoms with Crippen LogP contribution in [0.4, 0.5) is 0 Å². The molecule has 0 spiro atoms. The monoisotopic (exact) mass is 306 g/mol. The maximum atomic E-state index is 11.7. The molecule has 0 aliphatic carbocycles. The number of carboxylic acids is 1. The molecule has 0 amide bonds. The van der Waals surface area contributed by atoms with Crippen LogP contribution in [0.2, 0.25) is 0 Å². The Morgan fingerprint density at radius 1 is 1.36 bits per heavy atom. The van der Waals surface area contributed by atoms with Crippen LogP contribution in [0, 0.1) is 0 Å². The van der Waals surface area contributed by atoms with Gasteiger partial charge in [0.15, 0.2) is 5.78 Å². The first-order chi connectivity index (χ1) is 10.4. The van der Waals surface area contributed by atoms with Gasteiger partial charge in [0.2, 0.25) is 5.60 Å². The number of carboxylic acid groups (broad SMARTS) is 1. The lowest BCUT2D eigenvalue weighted by atomic mass is 9.86. The van der Waals surface area contributed by atoms with E-state index in [-0.39, 0.29) is 17.1 Å². The van der Waals surface area contributed by atoms with Crippen LogP contribution in [-0.4, -0.2) is 27.6 Å². The molecule has 0 radical (unpaired) electrons. The van der Waals surface area contributed by atoms with Crippen LogP contribution in [-0.2, 0) is 17.6 Å². The van der Waals surface area contributed by atoms with Gasteiger partial charge in [-0.25, -0.2) is 4.79 Å². The van der Waals surface area contributed by atoms with Crippen molar-refractivity contribution < 1.29 is 24.5 Å². The van der Waals surface area contributed by atoms with Crippen molar-refractivity contribution in [2.45, 2.75) is 58.5 Å². The third-order valence-corrected chi connectivity index (χ3v) is 4.36. The lowest BCUT2D eigenvalue weighted by Gasteiger charge is -2.36. The van der Waals surface area contributed by atoms with Crippen LogP contribution < -0.4 is 4.74 Å². The molecule has 1 heterocycles. The van der Waals surface area contributed by atoms with E-state index >= 15 is 0 Å². The number of carbonyl (C=O) groups is 2. The molecule has 1 aromatic carbocycles. The molecule has 2 N–H and O–H groups in total. The lowest BCUT2D eigenvalue weighted by Crippen LogP contribution is -2.47. The molecule has 120 valence electrons. The van der Waals surface area contributed by atoms with Crippen molar-refractivity contribution in [3.05, 3.63) is 22.8 Å². The maximum absolute atomic E-state index is 11.7. The van der Waals surface area contributed by atoms with Crippen molar-refractivity contribution in [2.24, 2.45) is 0 Å². The Morgan fingerprint density at radius 2 is 2.05 bits per heavy atom. The molecule has 5 nitrogen and oxygen atoms in total. The minimum absolute atomic E-state index is 0.0783. The summed E-state index contributed by atoms with van der Waals surface area (Å²) in [6.07, 6.45) is 2.53. The second-order valence-electron chi connectivity index (χ2n) is 5.80. The number of aryl methyl sites for hydroxylation is 1. The molecule has 1 aliphatic rings. The van der Waals surface area contributed by atoms with Crippen molar-refractivity contribution in [1.29, 1.82) is 0 Å². The fourth-order valence-electron chi connectivity index (χ4n) is 2.97. The summed E-state index contributed by atoms with van der Waals surface area (Å²) in [5, 5.41) is 19.9. The van der Waals surface area contributed by atoms with Gasteiger partial charge in [-0.3, -0.25) is 4.79 Å². The van der Waals surface area contributed by atoms with Gasteiger partial charge in [-0.15, -0.1) is 0 Å². The average Bonchev–Trinajstić information content (AvgIpc) is 2.48. The molecule has 0 saturated carbocycles. The summed E-state index contributed by atoms with van der Waals surface area (Å²) in [7, 11) is 0. The normalized spacial score (nSPS) is 20.1. The Hall–Kier alpha value is -2.04. The SMILES string of the molecule is CCCc1c(O)c(C(C)=O)cc2c1OC(CC)(C(=O)O)CC2. The fourth-order valence-corrected chi connectivity index (χ4v) is 2.97. The highest BCUT2D eigenvalue weighted by molar-refractivity contribution is 5.98. The van der Waals surface area contributed by atoms with Gasteiger partial charge in [0, 0.05) is 12.0 Å². The zero-order valence-corrected chi connectivity index (χ0v) is 13.2. The highest BCUT2D eigenvalue weighted by Crippen LogP contribution is 2.43. The Labute approximate surface area is 129 Å². The summed E-state index contributed by atoms with van der Waals surface area (Å²) in [5.74, 6) is -0.827. The number of ketones is 1. The third-order valence-electron chi connectivity index (χ3n) is 4.36. The zero-order chi connectivity index (χ0) is 16.5. The lowest BCUT2D eigenvalue weighted by molar-refractivity contribution is -0.157. The molecule has 1 atom stereocenters. The van der Waals surface area contributed by atoms with Crippen LogP contribution in [0.25, 0.3) is 0 Å².